The number of hydrogen-bond acceptors (Lipinski definition) is 7. The second kappa shape index (κ2) is 12.2. The van der Waals surface area contributed by atoms with Crippen molar-refractivity contribution in [2.24, 2.45) is 0 Å². The minimum Gasteiger partial charge on any atom is -0.780 e. The largest absolute Gasteiger partial charge is 1.00 e. The third kappa shape index (κ3) is 8.03. The molecule has 0 unspecified atom stereocenters. The smallest absolute Gasteiger partial charge is 0.780 e. The number of phosphoric acid groups is 1. The second-order valence-electron chi connectivity index (χ2n) is 5.33. The fraction of sp³-hybridized carbons (Fsp3) is 0.167. The van der Waals surface area contributed by atoms with E-state index in [0.717, 1.165) is 0 Å². The number of rotatable bonds is 7. The van der Waals surface area contributed by atoms with Crippen molar-refractivity contribution in [3.8, 4) is 17.2 Å². The van der Waals surface area contributed by atoms with Gasteiger partial charge in [-0.25, -0.2) is 0 Å². The predicted molar refractivity (Wildman–Crippen MR) is 92.2 cm³/mol. The minimum absolute atomic E-state index is 0. The molecule has 0 radical (unpaired) electrons. The van der Waals surface area contributed by atoms with E-state index in [-0.39, 0.29) is 76.4 Å². The zero-order valence-corrected chi connectivity index (χ0v) is 21.3. The van der Waals surface area contributed by atoms with Crippen LogP contribution in [-0.2, 0) is 4.57 Å². The molecular formula is C18H17Na2O7P. The summed E-state index contributed by atoms with van der Waals surface area (Å²) in [5, 5.41) is 0. The van der Waals surface area contributed by atoms with Crippen LogP contribution in [0, 0.1) is 0 Å². The van der Waals surface area contributed by atoms with Crippen LogP contribution in [0.3, 0.4) is 0 Å². The Morgan fingerprint density at radius 2 is 1.57 bits per heavy atom. The van der Waals surface area contributed by atoms with E-state index in [1.165, 1.54) is 26.4 Å². The Bertz CT molecular complexity index is 876. The van der Waals surface area contributed by atoms with Crippen LogP contribution in [0.4, 0.5) is 0 Å². The number of methoxy groups -OCH3 is 2. The van der Waals surface area contributed by atoms with E-state index < -0.39 is 7.82 Å². The van der Waals surface area contributed by atoms with Crippen LogP contribution in [0.15, 0.2) is 48.0 Å². The molecule has 10 heteroatoms. The topological polar surface area (TPSA) is 108 Å². The summed E-state index contributed by atoms with van der Waals surface area (Å²) in [4.78, 5) is 34.2. The molecule has 0 spiro atoms. The summed E-state index contributed by atoms with van der Waals surface area (Å²) in [6.45, 7) is 1.63. The van der Waals surface area contributed by atoms with Crippen molar-refractivity contribution in [1.82, 2.24) is 0 Å². The maximum absolute atomic E-state index is 12.5. The number of hydrogen-bond donors (Lipinski definition) is 0. The van der Waals surface area contributed by atoms with E-state index in [1.807, 2.05) is 0 Å². The van der Waals surface area contributed by atoms with Gasteiger partial charge in [-0.15, -0.1) is 0 Å². The van der Waals surface area contributed by atoms with Gasteiger partial charge in [0.15, 0.2) is 17.3 Å². The normalized spacial score (nSPS) is 11.0. The first kappa shape index (κ1) is 27.4. The van der Waals surface area contributed by atoms with Crippen molar-refractivity contribution < 1.29 is 92.3 Å². The molecule has 0 aromatic heterocycles. The molecule has 7 nitrogen and oxygen atoms in total. The number of carbonyl (C=O) groups is 1. The van der Waals surface area contributed by atoms with Crippen LogP contribution in [0.25, 0.3) is 6.08 Å². The number of ether oxygens (including phenoxy) is 2. The van der Waals surface area contributed by atoms with Crippen LogP contribution in [0.5, 0.6) is 17.2 Å². The molecule has 0 saturated heterocycles. The van der Waals surface area contributed by atoms with Gasteiger partial charge in [0.05, 0.1) is 14.2 Å². The van der Waals surface area contributed by atoms with E-state index in [4.69, 9.17) is 9.47 Å². The van der Waals surface area contributed by atoms with E-state index >= 15 is 0 Å². The molecule has 0 saturated carbocycles. The van der Waals surface area contributed by atoms with Crippen molar-refractivity contribution in [3.05, 3.63) is 59.2 Å². The maximum atomic E-state index is 12.5. The van der Waals surface area contributed by atoms with Crippen LogP contribution in [0.2, 0.25) is 0 Å². The molecule has 0 atom stereocenters. The summed E-state index contributed by atoms with van der Waals surface area (Å²) in [6, 6.07) is 11.0. The Hall–Kier alpha value is -0.600. The monoisotopic (exact) mass is 422 g/mol. The number of carbonyl (C=O) groups excluding carboxylic acids is 1. The third-order valence-corrected chi connectivity index (χ3v) is 3.91. The van der Waals surface area contributed by atoms with Gasteiger partial charge in [-0.3, -0.25) is 4.79 Å². The van der Waals surface area contributed by atoms with Crippen LogP contribution >= 0.6 is 7.82 Å². The van der Waals surface area contributed by atoms with E-state index in [0.29, 0.717) is 22.4 Å². The van der Waals surface area contributed by atoms with Crippen molar-refractivity contribution in [1.29, 1.82) is 0 Å². The first-order valence-electron chi connectivity index (χ1n) is 7.50. The van der Waals surface area contributed by atoms with E-state index in [1.54, 1.807) is 43.3 Å². The fourth-order valence-electron chi connectivity index (χ4n) is 2.26. The average molecular weight is 422 g/mol. The molecule has 2 rings (SSSR count). The molecular weight excluding hydrogens is 405 g/mol. The second-order valence-corrected chi connectivity index (χ2v) is 6.41. The summed E-state index contributed by atoms with van der Waals surface area (Å²) >= 11 is 0. The Balaban J connectivity index is 0.00000364. The van der Waals surface area contributed by atoms with Gasteiger partial charge in [-0.05, 0) is 60.5 Å². The van der Waals surface area contributed by atoms with Gasteiger partial charge in [0, 0.05) is 5.56 Å². The molecule has 0 fully saturated rings. The molecule has 2 aromatic carbocycles. The number of benzene rings is 2. The predicted octanol–water partition coefficient (Wildman–Crippen LogP) is -3.79. The molecule has 138 valence electrons. The van der Waals surface area contributed by atoms with Crippen LogP contribution in [-0.4, -0.2) is 20.0 Å². The third-order valence-electron chi connectivity index (χ3n) is 3.49. The van der Waals surface area contributed by atoms with Crippen molar-refractivity contribution in [3.63, 3.8) is 0 Å². The maximum Gasteiger partial charge on any atom is 1.00 e. The Kier molecular flexibility index (Phi) is 11.9. The quantitative estimate of drug-likeness (QED) is 0.195. The van der Waals surface area contributed by atoms with Gasteiger partial charge >= 0.3 is 59.1 Å². The molecule has 0 aliphatic carbocycles. The van der Waals surface area contributed by atoms with Crippen molar-refractivity contribution >= 4 is 19.7 Å². The molecule has 2 aromatic rings. The molecule has 0 amide bonds. The Morgan fingerprint density at radius 3 is 2.07 bits per heavy atom. The van der Waals surface area contributed by atoms with Gasteiger partial charge in [-0.2, -0.15) is 0 Å². The van der Waals surface area contributed by atoms with Crippen LogP contribution < -0.4 is 82.9 Å². The van der Waals surface area contributed by atoms with E-state index in [2.05, 4.69) is 4.52 Å². The fourth-order valence-corrected chi connectivity index (χ4v) is 2.64. The molecule has 0 bridgehead atoms. The molecule has 0 heterocycles. The standard InChI is InChI=1S/C18H19O7P.2Na/c1-12(18(19)14-5-7-15(23-2)8-6-14)10-13-4-9-16(24-3)17(11-13)25-26(20,21)22;;/h4-11H,1-3H3,(H2,20,21,22);;/q;2*+1/p-2/b12-10+;;. The molecule has 0 N–H and O–H groups in total. The zero-order valence-electron chi connectivity index (χ0n) is 16.4. The first-order chi connectivity index (χ1) is 12.2. The average Bonchev–Trinajstić information content (AvgIpc) is 2.60. The molecule has 28 heavy (non-hydrogen) atoms. The van der Waals surface area contributed by atoms with Gasteiger partial charge in [-0.1, -0.05) is 6.07 Å². The number of ketones is 1. The first-order valence-corrected chi connectivity index (χ1v) is 8.96. The summed E-state index contributed by atoms with van der Waals surface area (Å²) < 4.78 is 25.3. The Labute approximate surface area is 207 Å². The van der Waals surface area contributed by atoms with Gasteiger partial charge in [0.2, 0.25) is 0 Å². The van der Waals surface area contributed by atoms with Gasteiger partial charge < -0.3 is 28.3 Å². The van der Waals surface area contributed by atoms with Crippen LogP contribution in [0.1, 0.15) is 22.8 Å². The summed E-state index contributed by atoms with van der Waals surface area (Å²) in [7, 11) is -2.38. The molecule has 0 aliphatic rings. The van der Waals surface area contributed by atoms with E-state index in [9.17, 15) is 19.1 Å². The van der Waals surface area contributed by atoms with Gasteiger partial charge in [0.1, 0.15) is 13.6 Å². The van der Waals surface area contributed by atoms with Gasteiger partial charge in [0.25, 0.3) is 0 Å². The molecule has 0 aliphatic heterocycles. The van der Waals surface area contributed by atoms with Crippen molar-refractivity contribution in [2.45, 2.75) is 6.92 Å². The SMILES string of the molecule is COc1ccc(C(=O)/C(C)=C/c2ccc(OC)c(OP(=O)([O-])[O-])c2)cc1.[Na+].[Na+]. The van der Waals surface area contributed by atoms with Crippen molar-refractivity contribution in [2.75, 3.05) is 14.2 Å². The minimum atomic E-state index is -5.24. The number of allylic oxidation sites excluding steroid dienone is 1. The number of Topliss-reactive ketones (excluding diaryl/α,β-unsaturated/α-hetero) is 1. The number of phosphoric ester groups is 1. The Morgan fingerprint density at radius 1 is 0.964 bits per heavy atom. The summed E-state index contributed by atoms with van der Waals surface area (Å²) in [5.74, 6) is 0.288. The summed E-state index contributed by atoms with van der Waals surface area (Å²) in [6.07, 6.45) is 1.55. The summed E-state index contributed by atoms with van der Waals surface area (Å²) in [5.41, 5.74) is 1.38. The zero-order chi connectivity index (χ0) is 19.3.